The molecule has 0 aliphatic carbocycles. The summed E-state index contributed by atoms with van der Waals surface area (Å²) in [6.07, 6.45) is 0.505. The van der Waals surface area contributed by atoms with Gasteiger partial charge in [-0.3, -0.25) is 9.59 Å². The van der Waals surface area contributed by atoms with Gasteiger partial charge in [-0.25, -0.2) is 4.39 Å². The van der Waals surface area contributed by atoms with E-state index >= 15 is 0 Å². The van der Waals surface area contributed by atoms with Gasteiger partial charge >= 0.3 is 0 Å². The molecule has 1 aromatic rings. The first kappa shape index (κ1) is 11.6. The number of carbonyl (C=O) groups excluding carboxylic acids is 2. The Hall–Kier alpha value is -1.51. The van der Waals surface area contributed by atoms with E-state index in [1.54, 1.807) is 6.92 Å². The molecular formula is C12H13FO2. The molecule has 1 aromatic carbocycles. The summed E-state index contributed by atoms with van der Waals surface area (Å²) >= 11 is 0. The third kappa shape index (κ3) is 2.98. The van der Waals surface area contributed by atoms with Gasteiger partial charge in [0.05, 0.1) is 5.56 Å². The molecule has 0 fully saturated rings. The molecule has 3 heteroatoms. The number of Topliss-reactive ketones (excluding diaryl/α,β-unsaturated/α-hetero) is 2. The Kier molecular flexibility index (Phi) is 3.72. The van der Waals surface area contributed by atoms with E-state index in [0.717, 1.165) is 0 Å². The molecule has 0 aromatic heterocycles. The smallest absolute Gasteiger partial charge is 0.165 e. The lowest BCUT2D eigenvalue weighted by atomic mass is 10.0. The molecule has 0 N–H and O–H groups in total. The zero-order valence-electron chi connectivity index (χ0n) is 8.84. The number of benzene rings is 1. The highest BCUT2D eigenvalue weighted by Gasteiger charge is 2.10. The van der Waals surface area contributed by atoms with E-state index in [4.69, 9.17) is 0 Å². The summed E-state index contributed by atoms with van der Waals surface area (Å²) in [7, 11) is 0. The first-order chi connectivity index (χ1) is 7.04. The van der Waals surface area contributed by atoms with Crippen LogP contribution in [0, 0.1) is 5.82 Å². The zero-order valence-corrected chi connectivity index (χ0v) is 8.84. The molecular weight excluding hydrogens is 195 g/mol. The predicted molar refractivity (Wildman–Crippen MR) is 55.4 cm³/mol. The van der Waals surface area contributed by atoms with Crippen molar-refractivity contribution < 1.29 is 14.0 Å². The molecule has 1 rings (SSSR count). The molecule has 0 radical (unpaired) electrons. The summed E-state index contributed by atoms with van der Waals surface area (Å²) in [5, 5.41) is 0. The minimum absolute atomic E-state index is 0.00324. The van der Waals surface area contributed by atoms with Crippen LogP contribution in [0.4, 0.5) is 4.39 Å². The quantitative estimate of drug-likeness (QED) is 0.712. The van der Waals surface area contributed by atoms with E-state index in [1.165, 1.54) is 25.1 Å². The minimum Gasteiger partial charge on any atom is -0.300 e. The lowest BCUT2D eigenvalue weighted by Gasteiger charge is -2.03. The van der Waals surface area contributed by atoms with Crippen LogP contribution in [0.5, 0.6) is 0 Å². The lowest BCUT2D eigenvalue weighted by molar-refractivity contribution is -0.116. The summed E-state index contributed by atoms with van der Waals surface area (Å²) in [5.41, 5.74) is 0.761. The lowest BCUT2D eigenvalue weighted by Crippen LogP contribution is -2.04. The molecule has 0 saturated carbocycles. The fourth-order valence-corrected chi connectivity index (χ4v) is 1.37. The molecule has 2 nitrogen and oxygen atoms in total. The summed E-state index contributed by atoms with van der Waals surface area (Å²) in [6, 6.07) is 4.23. The molecule has 0 aliphatic heterocycles. The van der Waals surface area contributed by atoms with Gasteiger partial charge in [-0.2, -0.15) is 0 Å². The molecule has 0 amide bonds. The topological polar surface area (TPSA) is 34.1 Å². The highest BCUT2D eigenvalue weighted by atomic mass is 19.1. The Labute approximate surface area is 88.1 Å². The van der Waals surface area contributed by atoms with Crippen molar-refractivity contribution in [1.29, 1.82) is 0 Å². The minimum atomic E-state index is -0.519. The fraction of sp³-hybridized carbons (Fsp3) is 0.333. The van der Waals surface area contributed by atoms with Gasteiger partial charge in [0.25, 0.3) is 0 Å². The van der Waals surface area contributed by atoms with Gasteiger partial charge in [0.1, 0.15) is 11.6 Å². The van der Waals surface area contributed by atoms with E-state index in [2.05, 4.69) is 0 Å². The van der Waals surface area contributed by atoms with E-state index in [1.807, 2.05) is 0 Å². The van der Waals surface area contributed by atoms with Crippen molar-refractivity contribution in [2.24, 2.45) is 0 Å². The van der Waals surface area contributed by atoms with Crippen molar-refractivity contribution in [2.75, 3.05) is 0 Å². The maximum absolute atomic E-state index is 13.2. The van der Waals surface area contributed by atoms with Crippen LogP contribution in [0.25, 0.3) is 0 Å². The molecule has 15 heavy (non-hydrogen) atoms. The van der Waals surface area contributed by atoms with Crippen molar-refractivity contribution >= 4 is 11.6 Å². The molecule has 0 unspecified atom stereocenters. The molecule has 0 spiro atoms. The van der Waals surface area contributed by atoms with Crippen LogP contribution in [0.3, 0.4) is 0 Å². The number of halogens is 1. The van der Waals surface area contributed by atoms with Crippen LogP contribution < -0.4 is 0 Å². The maximum Gasteiger partial charge on any atom is 0.165 e. The fourth-order valence-electron chi connectivity index (χ4n) is 1.37. The second-order valence-corrected chi connectivity index (χ2v) is 3.47. The Morgan fingerprint density at radius 2 is 2.00 bits per heavy atom. The van der Waals surface area contributed by atoms with Crippen molar-refractivity contribution in [2.45, 2.75) is 26.7 Å². The normalized spacial score (nSPS) is 10.1. The summed E-state index contributed by atoms with van der Waals surface area (Å²) in [4.78, 5) is 22.2. The Morgan fingerprint density at radius 3 is 2.53 bits per heavy atom. The van der Waals surface area contributed by atoms with E-state index in [0.29, 0.717) is 5.56 Å². The van der Waals surface area contributed by atoms with Gasteiger partial charge in [-0.05, 0) is 24.6 Å². The van der Waals surface area contributed by atoms with Crippen molar-refractivity contribution in [1.82, 2.24) is 0 Å². The summed E-state index contributed by atoms with van der Waals surface area (Å²) in [6.45, 7) is 3.14. The van der Waals surface area contributed by atoms with Crippen LogP contribution in [-0.2, 0) is 11.2 Å². The molecule has 0 aliphatic rings. The second-order valence-electron chi connectivity index (χ2n) is 3.47. The first-order valence-corrected chi connectivity index (χ1v) is 4.85. The van der Waals surface area contributed by atoms with Gasteiger partial charge in [-0.1, -0.05) is 13.0 Å². The van der Waals surface area contributed by atoms with Gasteiger partial charge < -0.3 is 0 Å². The summed E-state index contributed by atoms with van der Waals surface area (Å²) < 4.78 is 13.2. The van der Waals surface area contributed by atoms with E-state index in [9.17, 15) is 14.0 Å². The molecule has 80 valence electrons. The summed E-state index contributed by atoms with van der Waals surface area (Å²) in [5.74, 6) is -0.761. The number of carbonyl (C=O) groups is 2. The molecule has 0 atom stereocenters. The predicted octanol–water partition coefficient (Wildman–Crippen LogP) is 2.55. The monoisotopic (exact) mass is 208 g/mol. The maximum atomic E-state index is 13.2. The largest absolute Gasteiger partial charge is 0.300 e. The average Bonchev–Trinajstić information content (AvgIpc) is 2.19. The zero-order chi connectivity index (χ0) is 11.4. The highest BCUT2D eigenvalue weighted by molar-refractivity contribution is 5.96. The van der Waals surface area contributed by atoms with Gasteiger partial charge in [0, 0.05) is 12.8 Å². The third-order valence-corrected chi connectivity index (χ3v) is 2.11. The second kappa shape index (κ2) is 4.82. The van der Waals surface area contributed by atoms with Crippen molar-refractivity contribution in [3.05, 3.63) is 35.1 Å². The van der Waals surface area contributed by atoms with Gasteiger partial charge in [-0.15, -0.1) is 0 Å². The van der Waals surface area contributed by atoms with E-state index in [-0.39, 0.29) is 30.0 Å². The first-order valence-electron chi connectivity index (χ1n) is 4.85. The molecule has 0 saturated heterocycles. The number of rotatable bonds is 4. The van der Waals surface area contributed by atoms with Crippen LogP contribution in [-0.4, -0.2) is 11.6 Å². The SMILES string of the molecule is CCC(=O)c1cc(CC(C)=O)ccc1F. The number of hydrogen-bond donors (Lipinski definition) is 0. The average molecular weight is 208 g/mol. The van der Waals surface area contributed by atoms with Crippen LogP contribution >= 0.6 is 0 Å². The molecule has 0 bridgehead atoms. The Balaban J connectivity index is 3.05. The van der Waals surface area contributed by atoms with Crippen LogP contribution in [0.1, 0.15) is 36.2 Å². The Bertz CT molecular complexity index is 397. The van der Waals surface area contributed by atoms with Crippen molar-refractivity contribution in [3.8, 4) is 0 Å². The Morgan fingerprint density at radius 1 is 1.33 bits per heavy atom. The van der Waals surface area contributed by atoms with Crippen LogP contribution in [0.2, 0.25) is 0 Å². The molecule has 0 heterocycles. The third-order valence-electron chi connectivity index (χ3n) is 2.11. The van der Waals surface area contributed by atoms with E-state index < -0.39 is 5.82 Å². The van der Waals surface area contributed by atoms with Crippen molar-refractivity contribution in [3.63, 3.8) is 0 Å². The number of hydrogen-bond acceptors (Lipinski definition) is 2. The highest BCUT2D eigenvalue weighted by Crippen LogP contribution is 2.13. The number of ketones is 2. The standard InChI is InChI=1S/C12H13FO2/c1-3-12(15)10-7-9(6-8(2)14)4-5-11(10)13/h4-5,7H,3,6H2,1-2H3. The van der Waals surface area contributed by atoms with Crippen LogP contribution in [0.15, 0.2) is 18.2 Å². The van der Waals surface area contributed by atoms with Gasteiger partial charge in [0.15, 0.2) is 5.78 Å². The van der Waals surface area contributed by atoms with Gasteiger partial charge in [0.2, 0.25) is 0 Å².